The number of aromatic nitrogens is 2. The third-order valence-electron chi connectivity index (χ3n) is 12.9. The lowest BCUT2D eigenvalue weighted by Crippen LogP contribution is -2.00. The van der Waals surface area contributed by atoms with Crippen LogP contribution in [-0.2, 0) is 0 Å². The smallest absolute Gasteiger partial charge is 0.0541 e. The molecule has 278 valence electrons. The molecule has 2 aromatic heterocycles. The van der Waals surface area contributed by atoms with Crippen LogP contribution in [0.25, 0.3) is 121 Å². The molecule has 11 aromatic carbocycles. The Balaban J connectivity index is 1.11. The van der Waals surface area contributed by atoms with Crippen molar-refractivity contribution >= 4 is 75.9 Å². The maximum Gasteiger partial charge on any atom is 0.0541 e. The number of para-hydroxylation sites is 4. The average molecular weight is 761 g/mol. The van der Waals surface area contributed by atoms with Gasteiger partial charge in [-0.05, 0) is 108 Å². The minimum atomic E-state index is 1.13. The molecule has 13 rings (SSSR count). The molecule has 2 heterocycles. The highest BCUT2D eigenvalue weighted by atomic mass is 15.0. The summed E-state index contributed by atoms with van der Waals surface area (Å²) in [6.45, 7) is 0. The summed E-state index contributed by atoms with van der Waals surface area (Å²) in [7, 11) is 0. The molecule has 60 heavy (non-hydrogen) atoms. The number of rotatable bonds is 5. The van der Waals surface area contributed by atoms with E-state index in [4.69, 9.17) is 0 Å². The Morgan fingerprint density at radius 3 is 1.15 bits per heavy atom. The summed E-state index contributed by atoms with van der Waals surface area (Å²) < 4.78 is 4.91. The highest BCUT2D eigenvalue weighted by Gasteiger charge is 2.20. The Morgan fingerprint density at radius 1 is 0.233 bits per heavy atom. The Labute approximate surface area is 346 Å². The predicted octanol–water partition coefficient (Wildman–Crippen LogP) is 15.8. The monoisotopic (exact) mass is 760 g/mol. The third-order valence-corrected chi connectivity index (χ3v) is 12.9. The van der Waals surface area contributed by atoms with Gasteiger partial charge in [-0.25, -0.2) is 0 Å². The maximum atomic E-state index is 2.46. The van der Waals surface area contributed by atoms with Gasteiger partial charge in [-0.2, -0.15) is 0 Å². The molecule has 0 aliphatic rings. The fourth-order valence-electron chi connectivity index (χ4n) is 10.3. The first-order valence-electron chi connectivity index (χ1n) is 20.8. The van der Waals surface area contributed by atoms with E-state index in [9.17, 15) is 0 Å². The second kappa shape index (κ2) is 12.8. The summed E-state index contributed by atoms with van der Waals surface area (Å²) in [6.07, 6.45) is 0. The van der Waals surface area contributed by atoms with Crippen molar-refractivity contribution in [1.82, 2.24) is 9.13 Å². The molecule has 2 nitrogen and oxygen atoms in total. The minimum Gasteiger partial charge on any atom is -0.309 e. The van der Waals surface area contributed by atoms with E-state index in [1.807, 2.05) is 0 Å². The normalized spacial score (nSPS) is 12.0. The molecule has 0 unspecified atom stereocenters. The van der Waals surface area contributed by atoms with Crippen LogP contribution in [0.4, 0.5) is 0 Å². The summed E-state index contributed by atoms with van der Waals surface area (Å²) in [5.74, 6) is 0. The van der Waals surface area contributed by atoms with Crippen LogP contribution < -0.4 is 0 Å². The van der Waals surface area contributed by atoms with E-state index < -0.39 is 0 Å². The van der Waals surface area contributed by atoms with Gasteiger partial charge in [-0.15, -0.1) is 0 Å². The van der Waals surface area contributed by atoms with Crippen molar-refractivity contribution in [1.29, 1.82) is 0 Å². The highest BCUT2D eigenvalue weighted by molar-refractivity contribution is 6.28. The molecule has 13 aromatic rings. The second-order valence-corrected chi connectivity index (χ2v) is 16.0. The molecule has 0 aliphatic heterocycles. The van der Waals surface area contributed by atoms with Crippen molar-refractivity contribution in [2.75, 3.05) is 0 Å². The molecule has 0 radical (unpaired) electrons. The van der Waals surface area contributed by atoms with Gasteiger partial charge in [0, 0.05) is 32.9 Å². The van der Waals surface area contributed by atoms with Crippen LogP contribution >= 0.6 is 0 Å². The Bertz CT molecular complexity index is 3590. The molecule has 0 spiro atoms. The van der Waals surface area contributed by atoms with Gasteiger partial charge >= 0.3 is 0 Å². The fraction of sp³-hybridized carbons (Fsp3) is 0. The van der Waals surface area contributed by atoms with Crippen molar-refractivity contribution in [3.63, 3.8) is 0 Å². The summed E-state index contributed by atoms with van der Waals surface area (Å²) in [6, 6.07) is 80.7. The van der Waals surface area contributed by atoms with Crippen LogP contribution in [0.1, 0.15) is 0 Å². The largest absolute Gasteiger partial charge is 0.309 e. The molecule has 0 atom stereocenters. The summed E-state index contributed by atoms with van der Waals surface area (Å²) in [4.78, 5) is 0. The van der Waals surface area contributed by atoms with Gasteiger partial charge in [-0.3, -0.25) is 0 Å². The van der Waals surface area contributed by atoms with Crippen LogP contribution in [0.3, 0.4) is 0 Å². The van der Waals surface area contributed by atoms with E-state index in [1.54, 1.807) is 0 Å². The van der Waals surface area contributed by atoms with Crippen LogP contribution in [0, 0.1) is 0 Å². The van der Waals surface area contributed by atoms with Crippen LogP contribution in [0.15, 0.2) is 218 Å². The van der Waals surface area contributed by atoms with Gasteiger partial charge < -0.3 is 9.13 Å². The van der Waals surface area contributed by atoms with Gasteiger partial charge in [0.05, 0.1) is 22.1 Å². The third kappa shape index (κ3) is 4.76. The molecule has 2 heteroatoms. The molecule has 0 bridgehead atoms. The van der Waals surface area contributed by atoms with Gasteiger partial charge in [0.25, 0.3) is 0 Å². The number of hydrogen-bond acceptors (Lipinski definition) is 0. The van der Waals surface area contributed by atoms with Crippen molar-refractivity contribution in [3.8, 4) is 44.8 Å². The first-order valence-corrected chi connectivity index (χ1v) is 20.8. The SMILES string of the molecule is c1ccc(-c2ccccc2-c2ccc3ccc4c(-c5cc(-n6c7ccccc7c7ccccc76)cc(-n6c7ccccc7c7ccccc76)c5)ccc5ccc2c3c54)cc1. The zero-order chi connectivity index (χ0) is 39.3. The van der Waals surface area contributed by atoms with Gasteiger partial charge in [-0.1, -0.05) is 176 Å². The summed E-state index contributed by atoms with van der Waals surface area (Å²) >= 11 is 0. The zero-order valence-corrected chi connectivity index (χ0v) is 32.7. The van der Waals surface area contributed by atoms with Crippen molar-refractivity contribution in [2.24, 2.45) is 0 Å². The van der Waals surface area contributed by atoms with Crippen molar-refractivity contribution < 1.29 is 0 Å². The molecule has 0 N–H and O–H groups in total. The summed E-state index contributed by atoms with van der Waals surface area (Å²) in [5.41, 5.74) is 14.4. The Kier molecular flexibility index (Phi) is 7.05. The summed E-state index contributed by atoms with van der Waals surface area (Å²) in [5, 5.41) is 12.7. The van der Waals surface area contributed by atoms with Crippen LogP contribution in [0.2, 0.25) is 0 Å². The predicted molar refractivity (Wildman–Crippen MR) is 255 cm³/mol. The fourth-order valence-corrected chi connectivity index (χ4v) is 10.3. The van der Waals surface area contributed by atoms with Gasteiger partial charge in [0.1, 0.15) is 0 Å². The van der Waals surface area contributed by atoms with Crippen molar-refractivity contribution in [2.45, 2.75) is 0 Å². The highest BCUT2D eigenvalue weighted by Crippen LogP contribution is 2.45. The number of nitrogens with zero attached hydrogens (tertiary/aromatic N) is 2. The Hall–Kier alpha value is -7.94. The molecular formula is C58H36N2. The molecule has 0 aliphatic carbocycles. The molecule has 0 saturated heterocycles. The number of benzene rings is 11. The molecule has 0 amide bonds. The average Bonchev–Trinajstić information content (AvgIpc) is 3.84. The van der Waals surface area contributed by atoms with E-state index in [2.05, 4.69) is 228 Å². The lowest BCUT2D eigenvalue weighted by molar-refractivity contribution is 1.13. The second-order valence-electron chi connectivity index (χ2n) is 16.0. The topological polar surface area (TPSA) is 9.86 Å². The number of hydrogen-bond donors (Lipinski definition) is 0. The van der Waals surface area contributed by atoms with Crippen LogP contribution in [-0.4, -0.2) is 9.13 Å². The van der Waals surface area contributed by atoms with E-state index >= 15 is 0 Å². The lowest BCUT2D eigenvalue weighted by Gasteiger charge is -2.19. The quantitative estimate of drug-likeness (QED) is 0.155. The minimum absolute atomic E-state index is 1.13. The number of fused-ring (bicyclic) bond motifs is 6. The van der Waals surface area contributed by atoms with E-state index in [0.29, 0.717) is 0 Å². The first-order chi connectivity index (χ1) is 29.8. The Morgan fingerprint density at radius 2 is 0.633 bits per heavy atom. The van der Waals surface area contributed by atoms with Crippen LogP contribution in [0.5, 0.6) is 0 Å². The maximum absolute atomic E-state index is 2.46. The molecule has 0 fully saturated rings. The van der Waals surface area contributed by atoms with Gasteiger partial charge in [0.2, 0.25) is 0 Å². The zero-order valence-electron chi connectivity index (χ0n) is 32.7. The lowest BCUT2D eigenvalue weighted by atomic mass is 9.85. The van der Waals surface area contributed by atoms with Gasteiger partial charge in [0.15, 0.2) is 0 Å². The first kappa shape index (κ1) is 33.1. The molecular weight excluding hydrogens is 725 g/mol. The van der Waals surface area contributed by atoms with E-state index in [-0.39, 0.29) is 0 Å². The van der Waals surface area contributed by atoms with E-state index in [0.717, 1.165) is 11.4 Å². The van der Waals surface area contributed by atoms with Crippen molar-refractivity contribution in [3.05, 3.63) is 218 Å². The van der Waals surface area contributed by atoms with E-state index in [1.165, 1.54) is 109 Å². The standard InChI is InChI=1S/C58H36N2/c1-2-14-37(15-3-1)43-16-4-5-17-45(43)46-31-27-39-28-32-51-44(30-26-38-29-33-52(46)58(39)57(38)51)40-34-41(59-53-22-10-6-18-47(53)48-19-7-11-23-54(48)59)36-42(35-40)60-55-24-12-8-20-49(55)50-21-9-13-25-56(50)60/h1-36H. The molecule has 0 saturated carbocycles.